The number of fused-ring (bicyclic) bond motifs is 1. The first kappa shape index (κ1) is 21.6. The second-order valence-corrected chi connectivity index (χ2v) is 8.52. The van der Waals surface area contributed by atoms with E-state index in [2.05, 4.69) is 17.2 Å². The lowest BCUT2D eigenvalue weighted by Gasteiger charge is -2.20. The first-order valence-corrected chi connectivity index (χ1v) is 10.7. The third kappa shape index (κ3) is 4.38. The fourth-order valence-electron chi connectivity index (χ4n) is 3.70. The van der Waals surface area contributed by atoms with Crippen molar-refractivity contribution in [2.24, 2.45) is 0 Å². The lowest BCUT2D eigenvalue weighted by Crippen LogP contribution is -2.17. The minimum absolute atomic E-state index is 0.249. The maximum atomic E-state index is 10.3. The fourth-order valence-corrected chi connectivity index (χ4v) is 3.70. The van der Waals surface area contributed by atoms with Crippen molar-refractivity contribution < 1.29 is 10.2 Å². The Morgan fingerprint density at radius 1 is 1.12 bits per heavy atom. The summed E-state index contributed by atoms with van der Waals surface area (Å²) in [6.45, 7) is 6.48. The highest BCUT2D eigenvalue weighted by Crippen LogP contribution is 2.33. The van der Waals surface area contributed by atoms with Crippen LogP contribution in [-0.4, -0.2) is 38.2 Å². The summed E-state index contributed by atoms with van der Waals surface area (Å²) < 4.78 is 1.93. The van der Waals surface area contributed by atoms with E-state index in [9.17, 15) is 10.2 Å². The number of benzene rings is 2. The monoisotopic (exact) mass is 431 g/mol. The molecule has 7 nitrogen and oxygen atoms in total. The molecule has 3 N–H and O–H groups in total. The smallest absolute Gasteiger partial charge is 0.180 e. The molecule has 0 bridgehead atoms. The van der Waals surface area contributed by atoms with Gasteiger partial charge in [-0.1, -0.05) is 19.1 Å². The number of nitrogens with zero attached hydrogens (tertiary/aromatic N) is 4. The molecule has 0 radical (unpaired) electrons. The summed E-state index contributed by atoms with van der Waals surface area (Å²) in [5, 5.41) is 23.9. The van der Waals surface area contributed by atoms with E-state index in [0.29, 0.717) is 11.5 Å². The average Bonchev–Trinajstić information content (AvgIpc) is 3.23. The summed E-state index contributed by atoms with van der Waals surface area (Å²) in [6, 6.07) is 13.1. The first-order chi connectivity index (χ1) is 15.3. The van der Waals surface area contributed by atoms with Crippen LogP contribution >= 0.6 is 0 Å². The van der Waals surface area contributed by atoms with Gasteiger partial charge in [-0.15, -0.1) is 0 Å². The predicted octanol–water partition coefficient (Wildman–Crippen LogP) is 4.92. The molecule has 0 aliphatic heterocycles. The standard InChI is InChI=1S/C25H29N5O2/c1-5-13-29(4)21-15-17(6-11-22(21)31)20-16-30-14-12-26-24(30)23(28-20)27-19-9-7-18(8-10-19)25(2,3)32/h6-12,14-16,31-32H,5,13H2,1-4H3,(H,27,28). The maximum Gasteiger partial charge on any atom is 0.180 e. The number of phenols is 1. The number of anilines is 3. The molecule has 0 amide bonds. The number of imidazole rings is 1. The zero-order valence-corrected chi connectivity index (χ0v) is 18.9. The summed E-state index contributed by atoms with van der Waals surface area (Å²) in [5.74, 6) is 0.874. The molecule has 0 spiro atoms. The Kier molecular flexibility index (Phi) is 5.76. The largest absolute Gasteiger partial charge is 0.506 e. The van der Waals surface area contributed by atoms with Crippen LogP contribution in [0.15, 0.2) is 61.1 Å². The second-order valence-electron chi connectivity index (χ2n) is 8.52. The molecule has 0 saturated heterocycles. The fraction of sp³-hybridized carbons (Fsp3) is 0.280. The van der Waals surface area contributed by atoms with Gasteiger partial charge in [-0.3, -0.25) is 0 Å². The van der Waals surface area contributed by atoms with Crippen LogP contribution in [0.1, 0.15) is 32.8 Å². The summed E-state index contributed by atoms with van der Waals surface area (Å²) in [4.78, 5) is 11.3. The minimum Gasteiger partial charge on any atom is -0.506 e. The molecule has 166 valence electrons. The van der Waals surface area contributed by atoms with Gasteiger partial charge in [-0.05, 0) is 56.2 Å². The van der Waals surface area contributed by atoms with Crippen LogP contribution in [0.2, 0.25) is 0 Å². The molecule has 2 aromatic carbocycles. The highest BCUT2D eigenvalue weighted by atomic mass is 16.3. The Hall–Kier alpha value is -3.58. The second kappa shape index (κ2) is 8.51. The average molecular weight is 432 g/mol. The molecule has 2 aromatic heterocycles. The summed E-state index contributed by atoms with van der Waals surface area (Å²) in [6.07, 6.45) is 6.54. The number of rotatable bonds is 7. The van der Waals surface area contributed by atoms with Crippen LogP contribution in [0.5, 0.6) is 5.75 Å². The van der Waals surface area contributed by atoms with Crippen molar-refractivity contribution in [3.8, 4) is 17.0 Å². The van der Waals surface area contributed by atoms with Crippen LogP contribution in [-0.2, 0) is 5.60 Å². The molecule has 0 fully saturated rings. The molecule has 2 heterocycles. The number of phenolic OH excluding ortho intramolecular Hbond substituents is 1. The molecule has 7 heteroatoms. The van der Waals surface area contributed by atoms with Crippen LogP contribution in [0.3, 0.4) is 0 Å². The zero-order valence-electron chi connectivity index (χ0n) is 18.9. The molecule has 4 aromatic rings. The lowest BCUT2D eigenvalue weighted by atomic mass is 9.98. The zero-order chi connectivity index (χ0) is 22.9. The van der Waals surface area contributed by atoms with Crippen molar-refractivity contribution >= 4 is 22.8 Å². The van der Waals surface area contributed by atoms with Crippen molar-refractivity contribution in [1.29, 1.82) is 0 Å². The third-order valence-corrected chi connectivity index (χ3v) is 5.47. The summed E-state index contributed by atoms with van der Waals surface area (Å²) in [7, 11) is 1.97. The van der Waals surface area contributed by atoms with Crippen LogP contribution in [0.4, 0.5) is 17.2 Å². The van der Waals surface area contributed by atoms with E-state index < -0.39 is 5.60 Å². The van der Waals surface area contributed by atoms with Crippen LogP contribution in [0, 0.1) is 0 Å². The van der Waals surface area contributed by atoms with E-state index in [-0.39, 0.29) is 5.75 Å². The minimum atomic E-state index is -0.894. The number of aliphatic hydroxyl groups is 1. The highest BCUT2D eigenvalue weighted by molar-refractivity contribution is 5.76. The maximum absolute atomic E-state index is 10.3. The van der Waals surface area contributed by atoms with Gasteiger partial charge in [0.25, 0.3) is 0 Å². The van der Waals surface area contributed by atoms with Crippen molar-refractivity contribution in [3.63, 3.8) is 0 Å². The van der Waals surface area contributed by atoms with E-state index >= 15 is 0 Å². The molecule has 0 unspecified atom stereocenters. The Morgan fingerprint density at radius 3 is 2.56 bits per heavy atom. The van der Waals surface area contributed by atoms with Gasteiger partial charge in [0.1, 0.15) is 5.75 Å². The molecule has 0 aliphatic carbocycles. The predicted molar refractivity (Wildman–Crippen MR) is 129 cm³/mol. The molecule has 4 rings (SSSR count). The molecule has 0 saturated carbocycles. The first-order valence-electron chi connectivity index (χ1n) is 10.7. The van der Waals surface area contributed by atoms with Gasteiger partial charge in [-0.2, -0.15) is 0 Å². The van der Waals surface area contributed by atoms with E-state index in [1.165, 1.54) is 0 Å². The van der Waals surface area contributed by atoms with E-state index in [1.54, 1.807) is 26.1 Å². The number of aromatic hydroxyl groups is 1. The molecule has 32 heavy (non-hydrogen) atoms. The van der Waals surface area contributed by atoms with Gasteiger partial charge in [-0.25, -0.2) is 9.97 Å². The number of aromatic nitrogens is 3. The quantitative estimate of drug-likeness (QED) is 0.385. The molecule has 0 atom stereocenters. The van der Waals surface area contributed by atoms with E-state index in [4.69, 9.17) is 4.98 Å². The van der Waals surface area contributed by atoms with Gasteiger partial charge in [0.05, 0.1) is 17.0 Å². The topological polar surface area (TPSA) is 85.9 Å². The molecular formula is C25H29N5O2. The van der Waals surface area contributed by atoms with E-state index in [0.717, 1.165) is 41.2 Å². The SMILES string of the molecule is CCCN(C)c1cc(-c2cn3ccnc3c(Nc3ccc(C(C)(C)O)cc3)n2)ccc1O. The highest BCUT2D eigenvalue weighted by Gasteiger charge is 2.16. The Balaban J connectivity index is 1.72. The van der Waals surface area contributed by atoms with Crippen molar-refractivity contribution in [3.05, 3.63) is 66.6 Å². The number of hydrogen-bond acceptors (Lipinski definition) is 6. The van der Waals surface area contributed by atoms with Crippen molar-refractivity contribution in [1.82, 2.24) is 14.4 Å². The number of nitrogens with one attached hydrogen (secondary N) is 1. The summed E-state index contributed by atoms with van der Waals surface area (Å²) >= 11 is 0. The molecule has 0 aliphatic rings. The Bertz CT molecular complexity index is 1230. The molecular weight excluding hydrogens is 402 g/mol. The van der Waals surface area contributed by atoms with E-state index in [1.807, 2.05) is 65.1 Å². The van der Waals surface area contributed by atoms with Gasteiger partial charge in [0, 0.05) is 43.4 Å². The van der Waals surface area contributed by atoms with Crippen molar-refractivity contribution in [2.45, 2.75) is 32.8 Å². The van der Waals surface area contributed by atoms with Gasteiger partial charge in [0.15, 0.2) is 11.5 Å². The van der Waals surface area contributed by atoms with Crippen molar-refractivity contribution in [2.75, 3.05) is 23.8 Å². The third-order valence-electron chi connectivity index (χ3n) is 5.47. The summed E-state index contributed by atoms with van der Waals surface area (Å²) in [5.41, 5.74) is 3.93. The Morgan fingerprint density at radius 2 is 1.88 bits per heavy atom. The normalized spacial score (nSPS) is 11.7. The Labute approximate surface area is 188 Å². The van der Waals surface area contributed by atoms with Gasteiger partial charge < -0.3 is 24.8 Å². The number of hydrogen-bond donors (Lipinski definition) is 3. The lowest BCUT2D eigenvalue weighted by molar-refractivity contribution is 0.0786. The van der Waals surface area contributed by atoms with Gasteiger partial charge >= 0.3 is 0 Å². The van der Waals surface area contributed by atoms with Gasteiger partial charge in [0.2, 0.25) is 0 Å². The van der Waals surface area contributed by atoms with Crippen LogP contribution < -0.4 is 10.2 Å². The van der Waals surface area contributed by atoms with Crippen LogP contribution in [0.25, 0.3) is 16.9 Å².